The van der Waals surface area contributed by atoms with E-state index in [1.54, 1.807) is 4.90 Å². The summed E-state index contributed by atoms with van der Waals surface area (Å²) >= 11 is 0. The Morgan fingerprint density at radius 2 is 1.78 bits per heavy atom. The predicted molar refractivity (Wildman–Crippen MR) is 55.9 cm³/mol. The van der Waals surface area contributed by atoms with Gasteiger partial charge in [-0.15, -0.1) is 0 Å². The van der Waals surface area contributed by atoms with E-state index in [0.29, 0.717) is 13.0 Å². The van der Waals surface area contributed by atoms with Crippen molar-refractivity contribution in [2.24, 2.45) is 0 Å². The number of halogens is 3. The largest absolute Gasteiger partial charge is 0.480 e. The van der Waals surface area contributed by atoms with E-state index >= 15 is 0 Å². The van der Waals surface area contributed by atoms with Crippen LogP contribution in [0.1, 0.15) is 12.8 Å². The average molecular weight is 268 g/mol. The number of carboxylic acids is 1. The fourth-order valence-corrected chi connectivity index (χ4v) is 1.85. The standard InChI is InChI=1S/C10H15F3N2O3/c11-10(12,13)6-8(16)15-3-1-2-14(4-5-15)7-9(17)18/h1-7H2,(H,17,18). The van der Waals surface area contributed by atoms with Crippen LogP contribution in [0.2, 0.25) is 0 Å². The molecule has 1 saturated heterocycles. The van der Waals surface area contributed by atoms with Crippen molar-refractivity contribution in [2.45, 2.75) is 19.0 Å². The highest BCUT2D eigenvalue weighted by Gasteiger charge is 2.33. The van der Waals surface area contributed by atoms with Crippen molar-refractivity contribution in [3.8, 4) is 0 Å². The number of hydrogen-bond donors (Lipinski definition) is 1. The second kappa shape index (κ2) is 6.03. The van der Waals surface area contributed by atoms with Crippen LogP contribution >= 0.6 is 0 Å². The summed E-state index contributed by atoms with van der Waals surface area (Å²) in [6, 6.07) is 0. The molecule has 0 aromatic carbocycles. The smallest absolute Gasteiger partial charge is 0.397 e. The lowest BCUT2D eigenvalue weighted by molar-refractivity contribution is -0.161. The van der Waals surface area contributed by atoms with Crippen LogP contribution in [-0.4, -0.2) is 65.7 Å². The van der Waals surface area contributed by atoms with Crippen LogP contribution in [0.3, 0.4) is 0 Å². The lowest BCUT2D eigenvalue weighted by Crippen LogP contribution is -2.38. The van der Waals surface area contributed by atoms with Crippen molar-refractivity contribution in [3.63, 3.8) is 0 Å². The van der Waals surface area contributed by atoms with Gasteiger partial charge in [0.15, 0.2) is 0 Å². The molecule has 1 aliphatic heterocycles. The van der Waals surface area contributed by atoms with Crippen LogP contribution in [-0.2, 0) is 9.59 Å². The molecule has 104 valence electrons. The average Bonchev–Trinajstić information content (AvgIpc) is 2.39. The molecule has 0 aromatic rings. The molecule has 1 fully saturated rings. The van der Waals surface area contributed by atoms with Crippen LogP contribution in [0, 0.1) is 0 Å². The second-order valence-corrected chi connectivity index (χ2v) is 4.20. The topological polar surface area (TPSA) is 60.9 Å². The summed E-state index contributed by atoms with van der Waals surface area (Å²) in [6.07, 6.45) is -5.47. The molecule has 0 bridgehead atoms. The first-order valence-electron chi connectivity index (χ1n) is 5.56. The normalized spacial score (nSPS) is 18.5. The van der Waals surface area contributed by atoms with Crippen LogP contribution in [0.4, 0.5) is 13.2 Å². The van der Waals surface area contributed by atoms with Gasteiger partial charge >= 0.3 is 12.1 Å². The van der Waals surface area contributed by atoms with Gasteiger partial charge in [-0.2, -0.15) is 13.2 Å². The zero-order valence-electron chi connectivity index (χ0n) is 9.74. The van der Waals surface area contributed by atoms with Gasteiger partial charge in [-0.25, -0.2) is 0 Å². The summed E-state index contributed by atoms with van der Waals surface area (Å²) in [4.78, 5) is 24.6. The molecule has 18 heavy (non-hydrogen) atoms. The van der Waals surface area contributed by atoms with E-state index in [-0.39, 0.29) is 26.2 Å². The Balaban J connectivity index is 2.46. The van der Waals surface area contributed by atoms with Crippen molar-refractivity contribution in [1.82, 2.24) is 9.80 Å². The first-order chi connectivity index (χ1) is 8.28. The highest BCUT2D eigenvalue weighted by atomic mass is 19.4. The molecule has 1 aliphatic rings. The third-order valence-corrected chi connectivity index (χ3v) is 2.65. The minimum atomic E-state index is -4.50. The number of amides is 1. The van der Waals surface area contributed by atoms with Crippen LogP contribution in [0.15, 0.2) is 0 Å². The number of carboxylic acid groups (broad SMARTS) is 1. The van der Waals surface area contributed by atoms with Gasteiger partial charge < -0.3 is 10.0 Å². The minimum Gasteiger partial charge on any atom is -0.480 e. The van der Waals surface area contributed by atoms with E-state index in [1.165, 1.54) is 0 Å². The molecular weight excluding hydrogens is 253 g/mol. The molecule has 0 aromatic heterocycles. The Morgan fingerprint density at radius 3 is 2.33 bits per heavy atom. The van der Waals surface area contributed by atoms with Gasteiger partial charge in [0.25, 0.3) is 0 Å². The van der Waals surface area contributed by atoms with Crippen LogP contribution < -0.4 is 0 Å². The SMILES string of the molecule is O=C(O)CN1CCCN(C(=O)CC(F)(F)F)CC1. The first-order valence-corrected chi connectivity index (χ1v) is 5.56. The van der Waals surface area contributed by atoms with E-state index in [4.69, 9.17) is 5.11 Å². The van der Waals surface area contributed by atoms with Crippen molar-refractivity contribution >= 4 is 11.9 Å². The summed E-state index contributed by atoms with van der Waals surface area (Å²) in [7, 11) is 0. The Hall–Kier alpha value is -1.31. The van der Waals surface area contributed by atoms with Gasteiger partial charge in [0, 0.05) is 26.2 Å². The Kier molecular flexibility index (Phi) is 4.94. The van der Waals surface area contributed by atoms with Gasteiger partial charge in [-0.3, -0.25) is 14.5 Å². The summed E-state index contributed by atoms with van der Waals surface area (Å²) < 4.78 is 36.2. The summed E-state index contributed by atoms with van der Waals surface area (Å²) in [5.74, 6) is -1.93. The molecule has 1 rings (SSSR count). The third-order valence-electron chi connectivity index (χ3n) is 2.65. The molecule has 8 heteroatoms. The van der Waals surface area contributed by atoms with Crippen molar-refractivity contribution < 1.29 is 27.9 Å². The van der Waals surface area contributed by atoms with E-state index < -0.39 is 24.5 Å². The summed E-state index contributed by atoms with van der Waals surface area (Å²) in [6.45, 7) is 0.993. The van der Waals surface area contributed by atoms with Gasteiger partial charge in [0.2, 0.25) is 5.91 Å². The summed E-state index contributed by atoms with van der Waals surface area (Å²) in [5, 5.41) is 8.61. The molecule has 1 amide bonds. The Morgan fingerprint density at radius 1 is 1.11 bits per heavy atom. The Labute approximate surface area is 102 Å². The number of rotatable bonds is 3. The molecule has 0 unspecified atom stereocenters. The van der Waals surface area contributed by atoms with Crippen LogP contribution in [0.5, 0.6) is 0 Å². The van der Waals surface area contributed by atoms with E-state index in [0.717, 1.165) is 4.90 Å². The maximum absolute atomic E-state index is 12.1. The molecule has 5 nitrogen and oxygen atoms in total. The molecule has 0 saturated carbocycles. The number of hydrogen-bond acceptors (Lipinski definition) is 3. The lowest BCUT2D eigenvalue weighted by Gasteiger charge is -2.21. The van der Waals surface area contributed by atoms with Crippen molar-refractivity contribution in [1.29, 1.82) is 0 Å². The summed E-state index contributed by atoms with van der Waals surface area (Å²) in [5.41, 5.74) is 0. The van der Waals surface area contributed by atoms with E-state index in [2.05, 4.69) is 0 Å². The monoisotopic (exact) mass is 268 g/mol. The van der Waals surface area contributed by atoms with Gasteiger partial charge in [-0.1, -0.05) is 0 Å². The number of nitrogens with zero attached hydrogens (tertiary/aromatic N) is 2. The van der Waals surface area contributed by atoms with Gasteiger partial charge in [0.1, 0.15) is 6.42 Å². The fourth-order valence-electron chi connectivity index (χ4n) is 1.85. The van der Waals surface area contributed by atoms with E-state index in [9.17, 15) is 22.8 Å². The minimum absolute atomic E-state index is 0.141. The van der Waals surface area contributed by atoms with Gasteiger partial charge in [-0.05, 0) is 6.42 Å². The molecule has 0 aliphatic carbocycles. The molecule has 0 spiro atoms. The number of carbonyl (C=O) groups excluding carboxylic acids is 1. The lowest BCUT2D eigenvalue weighted by atomic mass is 10.3. The van der Waals surface area contributed by atoms with Crippen molar-refractivity contribution in [3.05, 3.63) is 0 Å². The highest BCUT2D eigenvalue weighted by molar-refractivity contribution is 5.76. The quantitative estimate of drug-likeness (QED) is 0.812. The molecular formula is C10H15F3N2O3. The third kappa shape index (κ3) is 5.35. The first kappa shape index (κ1) is 14.7. The zero-order chi connectivity index (χ0) is 13.8. The second-order valence-electron chi connectivity index (χ2n) is 4.20. The Bertz CT molecular complexity index is 320. The van der Waals surface area contributed by atoms with Crippen LogP contribution in [0.25, 0.3) is 0 Å². The molecule has 1 heterocycles. The zero-order valence-corrected chi connectivity index (χ0v) is 9.74. The number of aliphatic carboxylic acids is 1. The highest BCUT2D eigenvalue weighted by Crippen LogP contribution is 2.21. The number of alkyl halides is 3. The molecule has 1 N–H and O–H groups in total. The maximum atomic E-state index is 12.1. The maximum Gasteiger partial charge on any atom is 0.397 e. The van der Waals surface area contributed by atoms with E-state index in [1.807, 2.05) is 0 Å². The fraction of sp³-hybridized carbons (Fsp3) is 0.800. The molecule has 0 radical (unpaired) electrons. The molecule has 0 atom stereocenters. The van der Waals surface area contributed by atoms with Crippen molar-refractivity contribution in [2.75, 3.05) is 32.7 Å². The van der Waals surface area contributed by atoms with Gasteiger partial charge in [0.05, 0.1) is 6.54 Å². The number of carbonyl (C=O) groups is 2. The predicted octanol–water partition coefficient (Wildman–Crippen LogP) is 0.558.